The van der Waals surface area contributed by atoms with Gasteiger partial charge in [-0.25, -0.2) is 0 Å². The zero-order chi connectivity index (χ0) is 8.81. The van der Waals surface area contributed by atoms with Crippen LogP contribution in [0.15, 0.2) is 12.7 Å². The Hall–Kier alpha value is -0.805. The minimum absolute atomic E-state index is 0.184. The monoisotopic (exact) mass is 170 g/mol. The van der Waals surface area contributed by atoms with Gasteiger partial charge in [0, 0.05) is 13.2 Å². The summed E-state index contributed by atoms with van der Waals surface area (Å²) in [5.41, 5.74) is 0. The topological polar surface area (TPSA) is 44.8 Å². The molecule has 1 aliphatic heterocycles. The summed E-state index contributed by atoms with van der Waals surface area (Å²) in [6.45, 7) is 4.56. The predicted molar refractivity (Wildman–Crippen MR) is 43.2 cm³/mol. The van der Waals surface area contributed by atoms with Crippen molar-refractivity contribution < 1.29 is 18.8 Å². The van der Waals surface area contributed by atoms with Gasteiger partial charge in [0.1, 0.15) is 0 Å². The molecular formula is C7H11BO4. The molecule has 1 heterocycles. The summed E-state index contributed by atoms with van der Waals surface area (Å²) in [6.07, 6.45) is 2.50. The molecule has 0 saturated carbocycles. The van der Waals surface area contributed by atoms with Crippen molar-refractivity contribution in [2.45, 2.75) is 12.8 Å². The Bertz CT molecular complexity index is 165. The van der Waals surface area contributed by atoms with Crippen LogP contribution in [0.25, 0.3) is 0 Å². The van der Waals surface area contributed by atoms with Crippen LogP contribution < -0.4 is 0 Å². The van der Waals surface area contributed by atoms with Gasteiger partial charge in [-0.2, -0.15) is 0 Å². The van der Waals surface area contributed by atoms with Crippen LogP contribution in [0.1, 0.15) is 12.8 Å². The molecule has 0 unspecified atom stereocenters. The molecule has 0 aromatic heterocycles. The highest BCUT2D eigenvalue weighted by Gasteiger charge is 2.28. The highest BCUT2D eigenvalue weighted by Crippen LogP contribution is 2.03. The standard InChI is InChI=1S/C7H11BO4/c1-2-4-7(9)12-8-10-5-3-6-11-8/h2H,1,3-6H2. The largest absolute Gasteiger partial charge is 0.715 e. The first-order valence-electron chi connectivity index (χ1n) is 3.86. The normalized spacial score (nSPS) is 17.2. The second-order valence-corrected chi connectivity index (χ2v) is 2.37. The molecule has 1 fully saturated rings. The third-order valence-corrected chi connectivity index (χ3v) is 1.34. The van der Waals surface area contributed by atoms with Crippen molar-refractivity contribution in [2.75, 3.05) is 13.2 Å². The Morgan fingerprint density at radius 3 is 2.83 bits per heavy atom. The van der Waals surface area contributed by atoms with Crippen molar-refractivity contribution in [1.29, 1.82) is 0 Å². The quantitative estimate of drug-likeness (QED) is 0.457. The van der Waals surface area contributed by atoms with Crippen LogP contribution in [0.3, 0.4) is 0 Å². The molecule has 0 radical (unpaired) electrons. The highest BCUT2D eigenvalue weighted by molar-refractivity contribution is 6.39. The summed E-state index contributed by atoms with van der Waals surface area (Å²) < 4.78 is 14.8. The molecule has 1 saturated heterocycles. The zero-order valence-electron chi connectivity index (χ0n) is 6.82. The van der Waals surface area contributed by atoms with Gasteiger partial charge >= 0.3 is 7.32 Å². The van der Waals surface area contributed by atoms with E-state index in [1.54, 1.807) is 0 Å². The molecule has 1 aliphatic rings. The van der Waals surface area contributed by atoms with E-state index in [1.807, 2.05) is 0 Å². The molecule has 5 heteroatoms. The smallest absolute Gasteiger partial charge is 0.485 e. The summed E-state index contributed by atoms with van der Waals surface area (Å²) in [5.74, 6) is -0.378. The van der Waals surface area contributed by atoms with Gasteiger partial charge in [0.2, 0.25) is 0 Å². The lowest BCUT2D eigenvalue weighted by Crippen LogP contribution is -2.34. The summed E-state index contributed by atoms with van der Waals surface area (Å²) >= 11 is 0. The van der Waals surface area contributed by atoms with Crippen molar-refractivity contribution in [3.63, 3.8) is 0 Å². The molecule has 0 aromatic rings. The van der Waals surface area contributed by atoms with Gasteiger partial charge in [-0.3, -0.25) is 4.79 Å². The summed E-state index contributed by atoms with van der Waals surface area (Å²) in [5, 5.41) is 0. The first-order chi connectivity index (χ1) is 5.83. The van der Waals surface area contributed by atoms with Crippen molar-refractivity contribution in [3.8, 4) is 0 Å². The maximum Gasteiger partial charge on any atom is 0.715 e. The molecule has 1 rings (SSSR count). The Kier molecular flexibility index (Phi) is 3.83. The highest BCUT2D eigenvalue weighted by atomic mass is 16.8. The van der Waals surface area contributed by atoms with E-state index in [9.17, 15) is 4.79 Å². The lowest BCUT2D eigenvalue weighted by Gasteiger charge is -2.17. The second kappa shape index (κ2) is 4.95. The first kappa shape index (κ1) is 9.28. The van der Waals surface area contributed by atoms with E-state index in [0.717, 1.165) is 6.42 Å². The van der Waals surface area contributed by atoms with E-state index in [0.29, 0.717) is 13.2 Å². The fourth-order valence-electron chi connectivity index (χ4n) is 0.807. The van der Waals surface area contributed by atoms with E-state index in [-0.39, 0.29) is 12.4 Å². The summed E-state index contributed by atoms with van der Waals surface area (Å²) in [7, 11) is -0.814. The van der Waals surface area contributed by atoms with Crippen LogP contribution in [0, 0.1) is 0 Å². The lowest BCUT2D eigenvalue weighted by molar-refractivity contribution is -0.137. The third kappa shape index (κ3) is 3.06. The number of carbonyl (C=O) groups excluding carboxylic acids is 1. The number of hydrogen-bond donors (Lipinski definition) is 0. The van der Waals surface area contributed by atoms with Gasteiger partial charge < -0.3 is 14.0 Å². The molecule has 0 bridgehead atoms. The van der Waals surface area contributed by atoms with Crippen molar-refractivity contribution >= 4 is 13.3 Å². The molecule has 66 valence electrons. The van der Waals surface area contributed by atoms with Crippen LogP contribution in [-0.4, -0.2) is 26.5 Å². The molecule has 12 heavy (non-hydrogen) atoms. The van der Waals surface area contributed by atoms with E-state index in [4.69, 9.17) is 14.0 Å². The van der Waals surface area contributed by atoms with E-state index in [2.05, 4.69) is 6.58 Å². The average molecular weight is 170 g/mol. The third-order valence-electron chi connectivity index (χ3n) is 1.34. The fraction of sp³-hybridized carbons (Fsp3) is 0.571. The summed E-state index contributed by atoms with van der Waals surface area (Å²) in [4.78, 5) is 10.9. The lowest BCUT2D eigenvalue weighted by atomic mass is 10.2. The maximum absolute atomic E-state index is 10.9. The molecule has 0 aromatic carbocycles. The van der Waals surface area contributed by atoms with E-state index >= 15 is 0 Å². The van der Waals surface area contributed by atoms with Gasteiger partial charge in [-0.05, 0) is 6.42 Å². The minimum atomic E-state index is -0.814. The van der Waals surface area contributed by atoms with Gasteiger partial charge in [-0.15, -0.1) is 6.58 Å². The Labute approximate surface area is 71.7 Å². The SMILES string of the molecule is C=CCC(=O)OB1OCCCO1. The molecule has 0 N–H and O–H groups in total. The average Bonchev–Trinajstić information content (AvgIpc) is 2.06. The predicted octanol–water partition coefficient (Wildman–Crippen LogP) is 0.527. The second-order valence-electron chi connectivity index (χ2n) is 2.37. The van der Waals surface area contributed by atoms with Crippen molar-refractivity contribution in [3.05, 3.63) is 12.7 Å². The molecule has 0 spiro atoms. The van der Waals surface area contributed by atoms with Crippen LogP contribution in [-0.2, 0) is 18.8 Å². The molecular weight excluding hydrogens is 159 g/mol. The first-order valence-corrected chi connectivity index (χ1v) is 3.86. The zero-order valence-corrected chi connectivity index (χ0v) is 6.82. The van der Waals surface area contributed by atoms with E-state index in [1.165, 1.54) is 6.08 Å². The van der Waals surface area contributed by atoms with Crippen LogP contribution in [0.2, 0.25) is 0 Å². The summed E-state index contributed by atoms with van der Waals surface area (Å²) in [6, 6.07) is 0. The van der Waals surface area contributed by atoms with Crippen molar-refractivity contribution in [1.82, 2.24) is 0 Å². The van der Waals surface area contributed by atoms with Crippen LogP contribution >= 0.6 is 0 Å². The van der Waals surface area contributed by atoms with Crippen LogP contribution in [0.5, 0.6) is 0 Å². The fourth-order valence-corrected chi connectivity index (χ4v) is 0.807. The van der Waals surface area contributed by atoms with Gasteiger partial charge in [0.05, 0.1) is 6.42 Å². The molecule has 0 aliphatic carbocycles. The van der Waals surface area contributed by atoms with Crippen LogP contribution in [0.4, 0.5) is 0 Å². The number of rotatable bonds is 3. The Morgan fingerprint density at radius 1 is 1.58 bits per heavy atom. The molecule has 0 amide bonds. The van der Waals surface area contributed by atoms with Crippen molar-refractivity contribution in [2.24, 2.45) is 0 Å². The minimum Gasteiger partial charge on any atom is -0.485 e. The Morgan fingerprint density at radius 2 is 2.25 bits per heavy atom. The van der Waals surface area contributed by atoms with Gasteiger partial charge in [-0.1, -0.05) is 6.08 Å². The molecule has 0 atom stereocenters. The number of hydrogen-bond acceptors (Lipinski definition) is 4. The van der Waals surface area contributed by atoms with Gasteiger partial charge in [0.15, 0.2) is 0 Å². The maximum atomic E-state index is 10.9. The Balaban J connectivity index is 2.19. The molecule has 4 nitrogen and oxygen atoms in total. The van der Waals surface area contributed by atoms with E-state index < -0.39 is 7.32 Å². The number of carbonyl (C=O) groups is 1. The van der Waals surface area contributed by atoms with Gasteiger partial charge in [0.25, 0.3) is 5.97 Å².